The topological polar surface area (TPSA) is 74.2 Å². The first-order valence-corrected chi connectivity index (χ1v) is 8.61. The van der Waals surface area contributed by atoms with E-state index in [9.17, 15) is 9.59 Å². The molecule has 0 saturated heterocycles. The van der Waals surface area contributed by atoms with Crippen LogP contribution in [0.25, 0.3) is 0 Å². The number of carbonyl (C=O) groups excluding carboxylic acids is 2. The van der Waals surface area contributed by atoms with Crippen LogP contribution < -0.4 is 0 Å². The number of aliphatic imine (C=N–C) groups is 1. The minimum Gasteiger partial charge on any atom is -0.475 e. The molecule has 0 radical (unpaired) electrons. The molecule has 0 spiro atoms. The zero-order valence-electron chi connectivity index (χ0n) is 15.2. The molecule has 1 aromatic carbocycles. The fourth-order valence-corrected chi connectivity index (χ4v) is 2.23. The molecule has 0 fully saturated rings. The molecule has 0 bridgehead atoms. The van der Waals surface area contributed by atoms with Gasteiger partial charge in [0.05, 0.1) is 18.2 Å². The molecule has 1 heterocycles. The van der Waals surface area contributed by atoms with E-state index in [4.69, 9.17) is 14.2 Å². The second kappa shape index (κ2) is 8.65. The number of benzene rings is 1. The Balaban J connectivity index is 1.96. The van der Waals surface area contributed by atoms with Crippen LogP contribution in [0, 0.1) is 5.92 Å². The van der Waals surface area contributed by atoms with Crippen molar-refractivity contribution in [2.75, 3.05) is 13.2 Å². The highest BCUT2D eigenvalue weighted by Gasteiger charge is 2.23. The molecule has 1 aliphatic rings. The molecule has 2 atom stereocenters. The predicted molar refractivity (Wildman–Crippen MR) is 93.7 cm³/mol. The van der Waals surface area contributed by atoms with Crippen molar-refractivity contribution in [1.82, 2.24) is 0 Å². The lowest BCUT2D eigenvalue weighted by Gasteiger charge is -2.12. The van der Waals surface area contributed by atoms with Crippen molar-refractivity contribution in [3.05, 3.63) is 35.4 Å². The van der Waals surface area contributed by atoms with Crippen LogP contribution in [0.5, 0.6) is 0 Å². The maximum atomic E-state index is 12.1. The maximum absolute atomic E-state index is 12.1. The number of hydrogen-bond acceptors (Lipinski definition) is 6. The zero-order chi connectivity index (χ0) is 18.4. The summed E-state index contributed by atoms with van der Waals surface area (Å²) in [5, 5.41) is 0. The molecule has 6 heteroatoms. The highest BCUT2D eigenvalue weighted by atomic mass is 16.6. The van der Waals surface area contributed by atoms with Gasteiger partial charge < -0.3 is 14.2 Å². The van der Waals surface area contributed by atoms with Gasteiger partial charge in [-0.05, 0) is 43.5 Å². The molecule has 136 valence electrons. The van der Waals surface area contributed by atoms with Gasteiger partial charge >= 0.3 is 11.9 Å². The van der Waals surface area contributed by atoms with Crippen LogP contribution in [0.2, 0.25) is 0 Å². The first kappa shape index (κ1) is 19.0. The van der Waals surface area contributed by atoms with Gasteiger partial charge in [-0.1, -0.05) is 20.8 Å². The fraction of sp³-hybridized carbons (Fsp3) is 0.526. The Morgan fingerprint density at radius 3 is 2.48 bits per heavy atom. The average Bonchev–Trinajstić information content (AvgIpc) is 3.10. The molecular weight excluding hydrogens is 322 g/mol. The van der Waals surface area contributed by atoms with Gasteiger partial charge in [-0.25, -0.2) is 14.6 Å². The van der Waals surface area contributed by atoms with Crippen LogP contribution >= 0.6 is 0 Å². The minimum absolute atomic E-state index is 0.162. The van der Waals surface area contributed by atoms with E-state index in [1.54, 1.807) is 24.3 Å². The monoisotopic (exact) mass is 347 g/mol. The summed E-state index contributed by atoms with van der Waals surface area (Å²) < 4.78 is 15.7. The Hall–Kier alpha value is -2.37. The lowest BCUT2D eigenvalue weighted by molar-refractivity contribution is -0.153. The Kier molecular flexibility index (Phi) is 6.56. The van der Waals surface area contributed by atoms with E-state index in [-0.39, 0.29) is 6.04 Å². The van der Waals surface area contributed by atoms with Gasteiger partial charge in [0, 0.05) is 5.56 Å². The van der Waals surface area contributed by atoms with Crippen molar-refractivity contribution in [3.8, 4) is 0 Å². The Labute approximate surface area is 148 Å². The second-order valence-corrected chi connectivity index (χ2v) is 6.35. The van der Waals surface area contributed by atoms with Crippen molar-refractivity contribution >= 4 is 17.8 Å². The number of ether oxygens (including phenoxy) is 3. The predicted octanol–water partition coefficient (Wildman–Crippen LogP) is 2.99. The van der Waals surface area contributed by atoms with Crippen molar-refractivity contribution in [2.24, 2.45) is 10.9 Å². The number of hydrogen-bond donors (Lipinski definition) is 0. The number of esters is 2. The molecule has 1 aliphatic heterocycles. The number of rotatable bonds is 7. The van der Waals surface area contributed by atoms with E-state index in [0.29, 0.717) is 30.6 Å². The third-order valence-corrected chi connectivity index (χ3v) is 3.88. The summed E-state index contributed by atoms with van der Waals surface area (Å²) >= 11 is 0. The summed E-state index contributed by atoms with van der Waals surface area (Å²) in [6.45, 7) is 8.49. The first-order chi connectivity index (χ1) is 11.9. The summed E-state index contributed by atoms with van der Waals surface area (Å²) in [5.41, 5.74) is 1.17. The third-order valence-electron chi connectivity index (χ3n) is 3.88. The highest BCUT2D eigenvalue weighted by Crippen LogP contribution is 2.18. The van der Waals surface area contributed by atoms with Crippen LogP contribution in [0.1, 0.15) is 50.0 Å². The lowest BCUT2D eigenvalue weighted by Crippen LogP contribution is -2.26. The minimum atomic E-state index is -0.937. The Morgan fingerprint density at radius 2 is 1.92 bits per heavy atom. The molecule has 0 aliphatic carbocycles. The summed E-state index contributed by atoms with van der Waals surface area (Å²) in [6.07, 6.45) is -0.217. The summed E-state index contributed by atoms with van der Waals surface area (Å²) in [7, 11) is 0. The van der Waals surface area contributed by atoms with Gasteiger partial charge in [-0.3, -0.25) is 0 Å². The van der Waals surface area contributed by atoms with E-state index < -0.39 is 18.0 Å². The molecule has 25 heavy (non-hydrogen) atoms. The molecule has 1 unspecified atom stereocenters. The smallest absolute Gasteiger partial charge is 0.347 e. The van der Waals surface area contributed by atoms with Crippen molar-refractivity contribution in [1.29, 1.82) is 0 Å². The van der Waals surface area contributed by atoms with E-state index in [0.717, 1.165) is 12.0 Å². The molecule has 1 aromatic rings. The molecule has 0 saturated carbocycles. The number of carbonyl (C=O) groups is 2. The highest BCUT2D eigenvalue weighted by molar-refractivity contribution is 5.97. The van der Waals surface area contributed by atoms with Crippen molar-refractivity contribution < 1.29 is 23.8 Å². The van der Waals surface area contributed by atoms with Crippen molar-refractivity contribution in [2.45, 2.75) is 46.3 Å². The molecular formula is C19H25NO5. The van der Waals surface area contributed by atoms with E-state index >= 15 is 0 Å². The molecule has 0 aromatic heterocycles. The van der Waals surface area contributed by atoms with Gasteiger partial charge in [0.25, 0.3) is 0 Å². The fourth-order valence-electron chi connectivity index (χ4n) is 2.23. The van der Waals surface area contributed by atoms with Crippen LogP contribution in [-0.4, -0.2) is 43.2 Å². The van der Waals surface area contributed by atoms with E-state index in [2.05, 4.69) is 18.8 Å². The van der Waals surface area contributed by atoms with Gasteiger partial charge in [-0.15, -0.1) is 0 Å². The summed E-state index contributed by atoms with van der Waals surface area (Å²) in [4.78, 5) is 28.3. The van der Waals surface area contributed by atoms with Gasteiger partial charge in [-0.2, -0.15) is 0 Å². The van der Waals surface area contributed by atoms with Crippen molar-refractivity contribution in [3.63, 3.8) is 0 Å². The van der Waals surface area contributed by atoms with Gasteiger partial charge in [0.2, 0.25) is 5.90 Å². The zero-order valence-corrected chi connectivity index (χ0v) is 15.2. The quantitative estimate of drug-likeness (QED) is 0.709. The molecule has 6 nitrogen and oxygen atoms in total. The summed E-state index contributed by atoms with van der Waals surface area (Å²) in [6, 6.07) is 6.96. The van der Waals surface area contributed by atoms with E-state index in [1.807, 2.05) is 6.92 Å². The average molecular weight is 347 g/mol. The first-order valence-electron chi connectivity index (χ1n) is 8.61. The SMILES string of the molecule is CCCOC(=O)[C@H](C)OC(=O)c1ccc(C2=NC(C(C)C)CO2)cc1. The standard InChI is InChI=1S/C19H25NO5/c1-5-10-23-18(21)13(4)25-19(22)15-8-6-14(7-9-15)17-20-16(11-24-17)12(2)3/h6-9,12-13,16H,5,10-11H2,1-4H3/t13-,16?/m0/s1. The van der Waals surface area contributed by atoms with Gasteiger partial charge in [0.1, 0.15) is 6.61 Å². The molecule has 0 amide bonds. The Morgan fingerprint density at radius 1 is 1.24 bits per heavy atom. The van der Waals surface area contributed by atoms with Crippen LogP contribution in [-0.2, 0) is 19.0 Å². The summed E-state index contributed by atoms with van der Waals surface area (Å²) in [5.74, 6) is -0.0991. The lowest BCUT2D eigenvalue weighted by atomic mass is 10.1. The normalized spacial score (nSPS) is 17.6. The second-order valence-electron chi connectivity index (χ2n) is 6.35. The molecule has 2 rings (SSSR count). The van der Waals surface area contributed by atoms with Crippen LogP contribution in [0.3, 0.4) is 0 Å². The molecule has 0 N–H and O–H groups in total. The Bertz CT molecular complexity index is 636. The maximum Gasteiger partial charge on any atom is 0.347 e. The number of nitrogens with zero attached hydrogens (tertiary/aromatic N) is 1. The van der Waals surface area contributed by atoms with Crippen LogP contribution in [0.4, 0.5) is 0 Å². The van der Waals surface area contributed by atoms with Gasteiger partial charge in [0.15, 0.2) is 6.10 Å². The van der Waals surface area contributed by atoms with Crippen LogP contribution in [0.15, 0.2) is 29.3 Å². The largest absolute Gasteiger partial charge is 0.475 e. The van der Waals surface area contributed by atoms with E-state index in [1.165, 1.54) is 6.92 Å². The third kappa shape index (κ3) is 5.05.